The largest absolute Gasteiger partial charge is 0.280 e. The number of hydrogen-bond donors (Lipinski definition) is 0. The van der Waals surface area contributed by atoms with E-state index < -0.39 is 0 Å². The monoisotopic (exact) mass is 347 g/mol. The van der Waals surface area contributed by atoms with Gasteiger partial charge in [-0.2, -0.15) is 0 Å². The molecule has 2 nitrogen and oxygen atoms in total. The molecule has 1 fully saturated rings. The highest BCUT2D eigenvalue weighted by Gasteiger charge is 2.46. The van der Waals surface area contributed by atoms with Crippen molar-refractivity contribution in [3.63, 3.8) is 0 Å². The molecule has 3 heteroatoms. The zero-order valence-electron chi connectivity index (χ0n) is 14.1. The summed E-state index contributed by atoms with van der Waals surface area (Å²) in [5, 5.41) is 2.08. The lowest BCUT2D eigenvalue weighted by atomic mass is 9.82. The minimum atomic E-state index is -0.389. The van der Waals surface area contributed by atoms with Crippen LogP contribution < -0.4 is 4.90 Å². The van der Waals surface area contributed by atoms with Gasteiger partial charge in [0.15, 0.2) is 0 Å². The van der Waals surface area contributed by atoms with Crippen LogP contribution in [0.15, 0.2) is 78.2 Å². The van der Waals surface area contributed by atoms with Gasteiger partial charge in [-0.25, -0.2) is 0 Å². The van der Waals surface area contributed by atoms with Crippen LogP contribution in [0.5, 0.6) is 0 Å². The zero-order chi connectivity index (χ0) is 17.1. The maximum atomic E-state index is 13.9. The molecular formula is C22H21NOS. The number of nitrogens with zero attached hydrogens (tertiary/aromatic N) is 1. The second-order valence-electron chi connectivity index (χ2n) is 6.58. The number of carbonyl (C=O) groups excluding carboxylic acids is 1. The Bertz CT molecular complexity index is 781. The summed E-state index contributed by atoms with van der Waals surface area (Å²) in [4.78, 5) is 17.0. The van der Waals surface area contributed by atoms with E-state index in [1.54, 1.807) is 11.3 Å². The van der Waals surface area contributed by atoms with Crippen molar-refractivity contribution in [2.45, 2.75) is 31.1 Å². The van der Waals surface area contributed by atoms with E-state index in [0.29, 0.717) is 0 Å². The fraction of sp³-hybridized carbons (Fsp3) is 0.227. The summed E-state index contributed by atoms with van der Waals surface area (Å²) in [6.07, 6.45) is 4.09. The minimum absolute atomic E-state index is 0.199. The van der Waals surface area contributed by atoms with Crippen LogP contribution in [-0.2, 0) is 10.2 Å². The van der Waals surface area contributed by atoms with Gasteiger partial charge in [-0.3, -0.25) is 9.69 Å². The van der Waals surface area contributed by atoms with Gasteiger partial charge in [0.25, 0.3) is 0 Å². The average Bonchev–Trinajstić information content (AvgIpc) is 3.36. The summed E-state index contributed by atoms with van der Waals surface area (Å²) in [5.41, 5.74) is 1.47. The molecule has 4 rings (SSSR count). The average molecular weight is 347 g/mol. The topological polar surface area (TPSA) is 20.3 Å². The Morgan fingerprint density at radius 2 is 1.36 bits per heavy atom. The third-order valence-corrected chi connectivity index (χ3v) is 6.17. The highest BCUT2D eigenvalue weighted by atomic mass is 32.1. The first kappa shape index (κ1) is 16.1. The van der Waals surface area contributed by atoms with Crippen LogP contribution in [0.3, 0.4) is 0 Å². The highest BCUT2D eigenvalue weighted by molar-refractivity contribution is 7.10. The SMILES string of the molecule is O=C(N(c1ccccc1)c1ccccc1)C1(c2cccs2)CCCC1. The molecular weight excluding hydrogens is 326 g/mol. The second kappa shape index (κ2) is 6.85. The quantitative estimate of drug-likeness (QED) is 0.573. The van der Waals surface area contributed by atoms with Crippen LogP contribution in [0, 0.1) is 0 Å². The summed E-state index contributed by atoms with van der Waals surface area (Å²) in [7, 11) is 0. The summed E-state index contributed by atoms with van der Waals surface area (Å²) >= 11 is 1.71. The Labute approximate surface area is 152 Å². The number of carbonyl (C=O) groups is 1. The van der Waals surface area contributed by atoms with Crippen LogP contribution >= 0.6 is 11.3 Å². The molecule has 126 valence electrons. The lowest BCUT2D eigenvalue weighted by Gasteiger charge is -2.34. The van der Waals surface area contributed by atoms with Gasteiger partial charge in [-0.15, -0.1) is 11.3 Å². The Morgan fingerprint density at radius 3 is 1.84 bits per heavy atom. The Hall–Kier alpha value is -2.39. The maximum absolute atomic E-state index is 13.9. The van der Waals surface area contributed by atoms with E-state index in [9.17, 15) is 4.79 Å². The molecule has 0 spiro atoms. The molecule has 0 bridgehead atoms. The molecule has 0 unspecified atom stereocenters. The Kier molecular flexibility index (Phi) is 4.41. The van der Waals surface area contributed by atoms with Gasteiger partial charge in [-0.1, -0.05) is 55.3 Å². The van der Waals surface area contributed by atoms with E-state index in [2.05, 4.69) is 17.5 Å². The number of amides is 1. The van der Waals surface area contributed by atoms with E-state index in [1.165, 1.54) is 4.88 Å². The number of thiophene rings is 1. The van der Waals surface area contributed by atoms with Crippen molar-refractivity contribution in [3.05, 3.63) is 83.1 Å². The molecule has 1 heterocycles. The maximum Gasteiger partial charge on any atom is 0.243 e. The summed E-state index contributed by atoms with van der Waals surface area (Å²) in [6, 6.07) is 24.2. The third-order valence-electron chi connectivity index (χ3n) is 5.09. The Balaban J connectivity index is 1.83. The molecule has 1 amide bonds. The second-order valence-corrected chi connectivity index (χ2v) is 7.53. The molecule has 0 N–H and O–H groups in total. The van der Waals surface area contributed by atoms with E-state index in [1.807, 2.05) is 65.6 Å². The van der Waals surface area contributed by atoms with E-state index in [0.717, 1.165) is 37.1 Å². The molecule has 0 saturated heterocycles. The molecule has 1 aliphatic carbocycles. The van der Waals surface area contributed by atoms with E-state index >= 15 is 0 Å². The lowest BCUT2D eigenvalue weighted by molar-refractivity contribution is -0.123. The predicted molar refractivity (Wildman–Crippen MR) is 104 cm³/mol. The molecule has 0 radical (unpaired) electrons. The molecule has 1 aliphatic rings. The molecule has 1 aromatic heterocycles. The van der Waals surface area contributed by atoms with Gasteiger partial charge in [0.05, 0.1) is 5.41 Å². The van der Waals surface area contributed by atoms with Crippen molar-refractivity contribution >= 4 is 28.6 Å². The third kappa shape index (κ3) is 2.89. The van der Waals surface area contributed by atoms with Gasteiger partial charge in [0, 0.05) is 16.3 Å². The van der Waals surface area contributed by atoms with Crippen LogP contribution in [0.25, 0.3) is 0 Å². The predicted octanol–water partition coefficient (Wildman–Crippen LogP) is 5.92. The number of hydrogen-bond acceptors (Lipinski definition) is 2. The van der Waals surface area contributed by atoms with Crippen LogP contribution in [-0.4, -0.2) is 5.91 Å². The van der Waals surface area contributed by atoms with Gasteiger partial charge in [0.2, 0.25) is 5.91 Å². The van der Waals surface area contributed by atoms with Gasteiger partial charge < -0.3 is 0 Å². The molecule has 3 aromatic rings. The molecule has 2 aromatic carbocycles. The van der Waals surface area contributed by atoms with Crippen molar-refractivity contribution in [2.75, 3.05) is 4.90 Å². The smallest absolute Gasteiger partial charge is 0.243 e. The lowest BCUT2D eigenvalue weighted by Crippen LogP contribution is -2.43. The molecule has 1 saturated carbocycles. The van der Waals surface area contributed by atoms with Crippen molar-refractivity contribution in [1.29, 1.82) is 0 Å². The molecule has 0 aliphatic heterocycles. The fourth-order valence-electron chi connectivity index (χ4n) is 3.85. The molecule has 25 heavy (non-hydrogen) atoms. The number of rotatable bonds is 4. The first-order valence-corrected chi connectivity index (χ1v) is 9.68. The Morgan fingerprint density at radius 1 is 0.800 bits per heavy atom. The minimum Gasteiger partial charge on any atom is -0.280 e. The standard InChI is InChI=1S/C22H21NOS/c24-21(22(15-7-8-16-22)20-14-9-17-25-20)23(18-10-3-1-4-11-18)19-12-5-2-6-13-19/h1-6,9-14,17H,7-8,15-16H2. The first-order valence-electron chi connectivity index (χ1n) is 8.80. The van der Waals surface area contributed by atoms with Crippen molar-refractivity contribution < 1.29 is 4.79 Å². The summed E-state index contributed by atoms with van der Waals surface area (Å²) in [6.45, 7) is 0. The van der Waals surface area contributed by atoms with E-state index in [-0.39, 0.29) is 11.3 Å². The van der Waals surface area contributed by atoms with Crippen molar-refractivity contribution in [1.82, 2.24) is 0 Å². The normalized spacial score (nSPS) is 15.8. The van der Waals surface area contributed by atoms with Crippen LogP contribution in [0.1, 0.15) is 30.6 Å². The summed E-state index contributed by atoms with van der Waals surface area (Å²) in [5.74, 6) is 0.199. The van der Waals surface area contributed by atoms with Crippen LogP contribution in [0.4, 0.5) is 11.4 Å². The van der Waals surface area contributed by atoms with Gasteiger partial charge >= 0.3 is 0 Å². The number of anilines is 2. The molecule has 0 atom stereocenters. The fourth-order valence-corrected chi connectivity index (χ4v) is 4.82. The highest BCUT2D eigenvalue weighted by Crippen LogP contribution is 2.46. The number of benzene rings is 2. The van der Waals surface area contributed by atoms with Crippen LogP contribution in [0.2, 0.25) is 0 Å². The van der Waals surface area contributed by atoms with E-state index in [4.69, 9.17) is 0 Å². The van der Waals surface area contributed by atoms with Gasteiger partial charge in [-0.05, 0) is 48.6 Å². The van der Waals surface area contributed by atoms with Gasteiger partial charge in [0.1, 0.15) is 0 Å². The summed E-state index contributed by atoms with van der Waals surface area (Å²) < 4.78 is 0. The zero-order valence-corrected chi connectivity index (χ0v) is 14.9. The van der Waals surface area contributed by atoms with Crippen molar-refractivity contribution in [2.24, 2.45) is 0 Å². The first-order chi connectivity index (χ1) is 12.3. The number of para-hydroxylation sites is 2. The van der Waals surface area contributed by atoms with Crippen molar-refractivity contribution in [3.8, 4) is 0 Å².